The Hall–Kier alpha value is -1.62. The van der Waals surface area contributed by atoms with Gasteiger partial charge in [-0.3, -0.25) is 0 Å². The van der Waals surface area contributed by atoms with Crippen LogP contribution < -0.4 is 4.74 Å². The summed E-state index contributed by atoms with van der Waals surface area (Å²) in [5.74, 6) is 0.580. The Morgan fingerprint density at radius 2 is 1.61 bits per heavy atom. The summed E-state index contributed by atoms with van der Waals surface area (Å²) in [7, 11) is 5.20. The number of hydrogen-bond donors (Lipinski definition) is 0. The van der Waals surface area contributed by atoms with Gasteiger partial charge in [0.1, 0.15) is 0 Å². The van der Waals surface area contributed by atoms with Crippen LogP contribution in [0, 0.1) is 0 Å². The second-order valence-corrected chi connectivity index (χ2v) is 10.7. The molecule has 1 atom stereocenters. The van der Waals surface area contributed by atoms with Gasteiger partial charge in [0.15, 0.2) is 0 Å². The Morgan fingerprint density at radius 1 is 1.06 bits per heavy atom. The number of aryl methyl sites for hydroxylation is 1. The van der Waals surface area contributed by atoms with Crippen molar-refractivity contribution in [1.29, 1.82) is 0 Å². The summed E-state index contributed by atoms with van der Waals surface area (Å²) in [6.45, 7) is 15.1. The third-order valence-corrected chi connectivity index (χ3v) is 5.80. The van der Waals surface area contributed by atoms with E-state index in [9.17, 15) is 4.79 Å². The van der Waals surface area contributed by atoms with Crippen molar-refractivity contribution in [1.82, 2.24) is 0 Å². The van der Waals surface area contributed by atoms with Gasteiger partial charge in [0.05, 0.1) is 6.10 Å². The van der Waals surface area contributed by atoms with E-state index < -0.39 is 0 Å². The van der Waals surface area contributed by atoms with Gasteiger partial charge in [0, 0.05) is 0 Å². The second-order valence-electron chi connectivity index (χ2n) is 10.7. The fourth-order valence-electron chi connectivity index (χ4n) is 4.12. The van der Waals surface area contributed by atoms with Crippen molar-refractivity contribution < 1.29 is 19.0 Å². The van der Waals surface area contributed by atoms with Gasteiger partial charge in [0.25, 0.3) is 0 Å². The molecule has 0 heterocycles. The van der Waals surface area contributed by atoms with Crippen molar-refractivity contribution in [3.05, 3.63) is 28.8 Å². The quantitative estimate of drug-likeness (QED) is 0.301. The van der Waals surface area contributed by atoms with Crippen molar-refractivity contribution in [3.8, 4) is 5.75 Å². The predicted molar refractivity (Wildman–Crippen MR) is 128 cm³/mol. The molecule has 1 aromatic rings. The van der Waals surface area contributed by atoms with Gasteiger partial charge in [-0.2, -0.15) is 0 Å². The Morgan fingerprint density at radius 3 is 2.10 bits per heavy atom. The molecule has 0 aliphatic heterocycles. The van der Waals surface area contributed by atoms with Crippen LogP contribution in [0.3, 0.4) is 0 Å². The van der Waals surface area contributed by atoms with Gasteiger partial charge in [-0.05, 0) is 12.8 Å². The van der Waals surface area contributed by atoms with E-state index in [1.54, 1.807) is 0 Å². The first-order chi connectivity index (χ1) is 14.4. The van der Waals surface area contributed by atoms with Crippen LogP contribution in [0.5, 0.6) is 5.75 Å². The average Bonchev–Trinajstić information content (AvgIpc) is 2.66. The SMILES string of the molecule is [B]=COC(=O)CCc1cc(C(C)(C)C)c(OC(C)OC2CCCCC2)c(C(C)(C)C)c1. The number of benzene rings is 1. The summed E-state index contributed by atoms with van der Waals surface area (Å²) >= 11 is 0. The number of ether oxygens (including phenoxy) is 3. The number of esters is 1. The first-order valence-electron chi connectivity index (χ1n) is 11.6. The molecule has 31 heavy (non-hydrogen) atoms. The molecule has 5 heteroatoms. The van der Waals surface area contributed by atoms with E-state index in [1.807, 2.05) is 6.92 Å². The molecule has 1 aliphatic carbocycles. The minimum atomic E-state index is -0.327. The van der Waals surface area contributed by atoms with Crippen LogP contribution in [0.1, 0.15) is 104 Å². The van der Waals surface area contributed by atoms with Crippen molar-refractivity contribution in [2.75, 3.05) is 0 Å². The number of rotatable bonds is 8. The zero-order valence-corrected chi connectivity index (χ0v) is 20.5. The maximum absolute atomic E-state index is 11.8. The summed E-state index contributed by atoms with van der Waals surface area (Å²) in [6.07, 6.45) is 7.77. The Kier molecular flexibility index (Phi) is 8.94. The van der Waals surface area contributed by atoms with Crippen LogP contribution in [0.25, 0.3) is 0 Å². The number of hydrogen-bond acceptors (Lipinski definition) is 4. The molecule has 1 saturated carbocycles. The molecule has 1 fully saturated rings. The number of carbonyl (C=O) groups excluding carboxylic acids is 1. The topological polar surface area (TPSA) is 44.8 Å². The average molecular weight is 427 g/mol. The molecule has 1 aromatic carbocycles. The Balaban J connectivity index is 2.36. The molecule has 1 unspecified atom stereocenters. The molecule has 0 spiro atoms. The van der Waals surface area contributed by atoms with Crippen LogP contribution in [-0.4, -0.2) is 32.0 Å². The summed E-state index contributed by atoms with van der Waals surface area (Å²) in [5.41, 5.74) is 3.11. The zero-order valence-electron chi connectivity index (χ0n) is 20.5. The summed E-state index contributed by atoms with van der Waals surface area (Å²) < 4.78 is 17.6. The molecule has 1 radical (unpaired) electrons. The minimum absolute atomic E-state index is 0.124. The standard InChI is InChI=1S/C26H40BO4/c1-18(30-20-11-9-8-10-12-20)31-24-21(25(2,3)4)15-19(13-14-23(28)29-17-27)16-22(24)26(5,6)7/h15-18,20H,8-14H2,1-7H3. The van der Waals surface area contributed by atoms with Gasteiger partial charge in [0.2, 0.25) is 0 Å². The molecule has 0 N–H and O–H groups in total. The monoisotopic (exact) mass is 427 g/mol. The summed E-state index contributed by atoms with van der Waals surface area (Å²) in [4.78, 5) is 11.8. The first-order valence-corrected chi connectivity index (χ1v) is 11.6. The molecule has 0 saturated heterocycles. The fraction of sp³-hybridized carbons (Fsp3) is 0.692. The van der Waals surface area contributed by atoms with Gasteiger partial charge >= 0.3 is 152 Å². The third-order valence-electron chi connectivity index (χ3n) is 5.80. The van der Waals surface area contributed by atoms with Crippen molar-refractivity contribution in [3.63, 3.8) is 0 Å². The van der Waals surface area contributed by atoms with E-state index in [0.29, 0.717) is 6.42 Å². The van der Waals surface area contributed by atoms with Crippen LogP contribution in [0.4, 0.5) is 0 Å². The second kappa shape index (κ2) is 10.8. The number of carbonyl (C=O) groups is 1. The van der Waals surface area contributed by atoms with E-state index >= 15 is 0 Å². The normalized spacial score (nSPS) is 16.6. The van der Waals surface area contributed by atoms with E-state index in [4.69, 9.17) is 21.7 Å². The molecule has 1 aliphatic rings. The van der Waals surface area contributed by atoms with Crippen LogP contribution in [-0.2, 0) is 31.5 Å². The molecule has 0 aromatic heterocycles. The van der Waals surface area contributed by atoms with E-state index in [-0.39, 0.29) is 35.6 Å². The first kappa shape index (κ1) is 25.6. The Labute approximate surface area is 190 Å². The summed E-state index contributed by atoms with van der Waals surface area (Å²) in [6, 6.07) is 4.33. The van der Waals surface area contributed by atoms with E-state index in [1.165, 1.54) is 19.3 Å². The zero-order chi connectivity index (χ0) is 23.2. The molecular weight excluding hydrogens is 387 g/mol. The van der Waals surface area contributed by atoms with Crippen molar-refractivity contribution in [2.45, 2.75) is 117 Å². The Bertz CT molecular complexity index is 717. The predicted octanol–water partition coefficient (Wildman–Crippen LogP) is 5.76. The van der Waals surface area contributed by atoms with Gasteiger partial charge < -0.3 is 0 Å². The molecule has 0 amide bonds. The summed E-state index contributed by atoms with van der Waals surface area (Å²) in [5, 5.41) is 0. The van der Waals surface area contributed by atoms with Crippen LogP contribution >= 0.6 is 0 Å². The van der Waals surface area contributed by atoms with E-state index in [0.717, 1.165) is 41.4 Å². The van der Waals surface area contributed by atoms with Crippen LogP contribution in [0.2, 0.25) is 0 Å². The van der Waals surface area contributed by atoms with Crippen LogP contribution in [0.15, 0.2) is 12.1 Å². The fourth-order valence-corrected chi connectivity index (χ4v) is 4.12. The van der Waals surface area contributed by atoms with Gasteiger partial charge in [-0.25, -0.2) is 0 Å². The molecule has 4 nitrogen and oxygen atoms in total. The van der Waals surface area contributed by atoms with Gasteiger partial charge in [-0.1, -0.05) is 19.3 Å². The molecule has 171 valence electrons. The van der Waals surface area contributed by atoms with Gasteiger partial charge in [-0.15, -0.1) is 0 Å². The third kappa shape index (κ3) is 7.78. The maximum atomic E-state index is 11.8. The molecular formula is C26H40BO4. The van der Waals surface area contributed by atoms with E-state index in [2.05, 4.69) is 53.7 Å². The van der Waals surface area contributed by atoms with Crippen molar-refractivity contribution >= 4 is 19.6 Å². The molecule has 0 bridgehead atoms. The van der Waals surface area contributed by atoms with Crippen molar-refractivity contribution in [2.24, 2.45) is 0 Å². The molecule has 2 rings (SSSR count).